The van der Waals surface area contributed by atoms with Crippen LogP contribution >= 0.6 is 11.6 Å². The average molecular weight is 243 g/mol. The van der Waals surface area contributed by atoms with Crippen LogP contribution in [0.25, 0.3) is 0 Å². The van der Waals surface area contributed by atoms with Gasteiger partial charge < -0.3 is 15.6 Å². The van der Waals surface area contributed by atoms with Gasteiger partial charge in [0.25, 0.3) is 0 Å². The number of hydrogen-bond donors (Lipinski definition) is 2. The van der Waals surface area contributed by atoms with Gasteiger partial charge in [0.05, 0.1) is 0 Å². The van der Waals surface area contributed by atoms with E-state index in [4.69, 9.17) is 17.3 Å². The first-order chi connectivity index (χ1) is 7.72. The number of nitrogens with zero attached hydrogens (tertiary/aromatic N) is 2. The van der Waals surface area contributed by atoms with Gasteiger partial charge in [0.2, 0.25) is 0 Å². The molecule has 1 saturated heterocycles. The fourth-order valence-electron chi connectivity index (χ4n) is 2.12. The van der Waals surface area contributed by atoms with Crippen molar-refractivity contribution in [1.29, 1.82) is 0 Å². The summed E-state index contributed by atoms with van der Waals surface area (Å²) in [6.07, 6.45) is 0. The van der Waals surface area contributed by atoms with Crippen LogP contribution in [-0.2, 0) is 20.1 Å². The van der Waals surface area contributed by atoms with Crippen molar-refractivity contribution in [2.75, 3.05) is 26.2 Å². The lowest BCUT2D eigenvalue weighted by molar-refractivity contribution is 0.233. The van der Waals surface area contributed by atoms with E-state index >= 15 is 0 Å². The largest absolute Gasteiger partial charge is 0.337 e. The van der Waals surface area contributed by atoms with Gasteiger partial charge in [-0.15, -0.1) is 0 Å². The van der Waals surface area contributed by atoms with Gasteiger partial charge in [0, 0.05) is 57.6 Å². The van der Waals surface area contributed by atoms with Gasteiger partial charge in [0.1, 0.15) is 5.15 Å². The van der Waals surface area contributed by atoms with Gasteiger partial charge in [-0.05, 0) is 6.07 Å². The van der Waals surface area contributed by atoms with Crippen LogP contribution in [0.1, 0.15) is 11.3 Å². The summed E-state index contributed by atoms with van der Waals surface area (Å²) < 4.78 is 1.97. The minimum Gasteiger partial charge on any atom is -0.337 e. The van der Waals surface area contributed by atoms with E-state index in [0.29, 0.717) is 6.54 Å². The Hall–Kier alpha value is -0.550. The molecule has 3 N–H and O–H groups in total. The molecule has 90 valence electrons. The molecule has 0 aliphatic carbocycles. The monoisotopic (exact) mass is 242 g/mol. The van der Waals surface area contributed by atoms with Gasteiger partial charge >= 0.3 is 0 Å². The Kier molecular flexibility index (Phi) is 3.86. The van der Waals surface area contributed by atoms with E-state index in [0.717, 1.165) is 43.6 Å². The van der Waals surface area contributed by atoms with Crippen LogP contribution in [0.3, 0.4) is 0 Å². The lowest BCUT2D eigenvalue weighted by Gasteiger charge is -2.26. The molecule has 2 heterocycles. The highest BCUT2D eigenvalue weighted by Crippen LogP contribution is 2.21. The van der Waals surface area contributed by atoms with Crippen molar-refractivity contribution in [3.8, 4) is 0 Å². The minimum absolute atomic E-state index is 0.539. The van der Waals surface area contributed by atoms with E-state index in [2.05, 4.69) is 16.3 Å². The second-order valence-corrected chi connectivity index (χ2v) is 4.60. The molecule has 0 bridgehead atoms. The van der Waals surface area contributed by atoms with Crippen LogP contribution in [0, 0.1) is 0 Å². The number of hydrogen-bond acceptors (Lipinski definition) is 3. The van der Waals surface area contributed by atoms with Gasteiger partial charge in [-0.3, -0.25) is 4.90 Å². The van der Waals surface area contributed by atoms with Crippen molar-refractivity contribution >= 4 is 11.6 Å². The normalized spacial score (nSPS) is 17.9. The highest BCUT2D eigenvalue weighted by molar-refractivity contribution is 6.30. The quantitative estimate of drug-likeness (QED) is 0.814. The minimum atomic E-state index is 0.539. The predicted molar refractivity (Wildman–Crippen MR) is 66.5 cm³/mol. The zero-order valence-corrected chi connectivity index (χ0v) is 10.4. The summed E-state index contributed by atoms with van der Waals surface area (Å²) in [5.74, 6) is 0. The number of nitrogens with two attached hydrogens (primary N) is 1. The molecule has 0 aromatic carbocycles. The first-order valence-corrected chi connectivity index (χ1v) is 6.06. The standard InChI is InChI=1S/C11H19ClN4/c1-15-10(7-13)6-9(11(15)12)8-16-4-2-14-3-5-16/h6,14H,2-5,7-8,13H2,1H3. The van der Waals surface area contributed by atoms with Gasteiger partial charge in [-0.2, -0.15) is 0 Å². The molecule has 1 aromatic rings. The van der Waals surface area contributed by atoms with E-state index in [1.807, 2.05) is 11.6 Å². The third kappa shape index (κ3) is 2.40. The second kappa shape index (κ2) is 5.19. The molecule has 5 heteroatoms. The lowest BCUT2D eigenvalue weighted by atomic mass is 10.2. The zero-order chi connectivity index (χ0) is 11.5. The molecule has 1 aliphatic heterocycles. The van der Waals surface area contributed by atoms with Gasteiger partial charge in [-0.25, -0.2) is 0 Å². The fourth-order valence-corrected chi connectivity index (χ4v) is 2.34. The van der Waals surface area contributed by atoms with Crippen LogP contribution in [0.5, 0.6) is 0 Å². The molecule has 0 amide bonds. The maximum absolute atomic E-state index is 6.28. The van der Waals surface area contributed by atoms with Crippen LogP contribution in [-0.4, -0.2) is 35.6 Å². The molecule has 0 atom stereocenters. The van der Waals surface area contributed by atoms with Crippen molar-refractivity contribution in [1.82, 2.24) is 14.8 Å². The van der Waals surface area contributed by atoms with E-state index in [9.17, 15) is 0 Å². The van der Waals surface area contributed by atoms with E-state index < -0.39 is 0 Å². The zero-order valence-electron chi connectivity index (χ0n) is 9.67. The molecule has 2 rings (SSSR count). The molecule has 0 spiro atoms. The Balaban J connectivity index is 2.08. The van der Waals surface area contributed by atoms with Crippen LogP contribution in [0.2, 0.25) is 5.15 Å². The van der Waals surface area contributed by atoms with Crippen molar-refractivity contribution in [3.05, 3.63) is 22.5 Å². The third-order valence-corrected chi connectivity index (χ3v) is 3.64. The summed E-state index contributed by atoms with van der Waals surface area (Å²) in [6, 6.07) is 2.12. The average Bonchev–Trinajstić information content (AvgIpc) is 2.58. The first kappa shape index (κ1) is 11.9. The van der Waals surface area contributed by atoms with Gasteiger partial charge in [0.15, 0.2) is 0 Å². The Bertz CT molecular complexity index is 355. The fraction of sp³-hybridized carbons (Fsp3) is 0.636. The van der Waals surface area contributed by atoms with Crippen molar-refractivity contribution in [2.45, 2.75) is 13.1 Å². The summed E-state index contributed by atoms with van der Waals surface area (Å²) in [5, 5.41) is 4.16. The molecule has 0 unspecified atom stereocenters. The van der Waals surface area contributed by atoms with Crippen LogP contribution in [0.4, 0.5) is 0 Å². The Morgan fingerprint density at radius 2 is 2.12 bits per heavy atom. The number of halogens is 1. The molecular formula is C11H19ClN4. The maximum atomic E-state index is 6.28. The molecule has 4 nitrogen and oxygen atoms in total. The molecular weight excluding hydrogens is 224 g/mol. The molecule has 0 radical (unpaired) electrons. The smallest absolute Gasteiger partial charge is 0.113 e. The second-order valence-electron chi connectivity index (χ2n) is 4.24. The van der Waals surface area contributed by atoms with Crippen molar-refractivity contribution in [3.63, 3.8) is 0 Å². The Labute approximate surface area is 101 Å². The number of rotatable bonds is 3. The molecule has 0 saturated carbocycles. The van der Waals surface area contributed by atoms with E-state index in [1.165, 1.54) is 5.56 Å². The van der Waals surface area contributed by atoms with E-state index in [1.54, 1.807) is 0 Å². The summed E-state index contributed by atoms with van der Waals surface area (Å²) in [4.78, 5) is 2.41. The highest BCUT2D eigenvalue weighted by atomic mass is 35.5. The third-order valence-electron chi connectivity index (χ3n) is 3.14. The molecule has 1 fully saturated rings. The summed E-state index contributed by atoms with van der Waals surface area (Å²) in [7, 11) is 1.96. The highest BCUT2D eigenvalue weighted by Gasteiger charge is 2.15. The number of piperazine rings is 1. The summed E-state index contributed by atoms with van der Waals surface area (Å²) in [6.45, 7) is 5.76. The Morgan fingerprint density at radius 3 is 2.69 bits per heavy atom. The molecule has 16 heavy (non-hydrogen) atoms. The summed E-state index contributed by atoms with van der Waals surface area (Å²) in [5.41, 5.74) is 7.94. The van der Waals surface area contributed by atoms with E-state index in [-0.39, 0.29) is 0 Å². The maximum Gasteiger partial charge on any atom is 0.113 e. The predicted octanol–water partition coefficient (Wildman–Crippen LogP) is 0.542. The lowest BCUT2D eigenvalue weighted by Crippen LogP contribution is -2.42. The van der Waals surface area contributed by atoms with Gasteiger partial charge in [-0.1, -0.05) is 11.6 Å². The number of nitrogens with one attached hydrogen (secondary N) is 1. The Morgan fingerprint density at radius 1 is 1.44 bits per heavy atom. The first-order valence-electron chi connectivity index (χ1n) is 5.68. The summed E-state index contributed by atoms with van der Waals surface area (Å²) >= 11 is 6.28. The molecule has 1 aliphatic rings. The van der Waals surface area contributed by atoms with Crippen LogP contribution in [0.15, 0.2) is 6.07 Å². The molecule has 1 aromatic heterocycles. The number of aromatic nitrogens is 1. The van der Waals surface area contributed by atoms with Crippen molar-refractivity contribution in [2.24, 2.45) is 12.8 Å². The SMILES string of the molecule is Cn1c(CN)cc(CN2CCNCC2)c1Cl. The topological polar surface area (TPSA) is 46.2 Å². The van der Waals surface area contributed by atoms with Crippen molar-refractivity contribution < 1.29 is 0 Å². The van der Waals surface area contributed by atoms with Crippen LogP contribution < -0.4 is 11.1 Å².